The smallest absolute Gasteiger partial charge is 0.273 e. The van der Waals surface area contributed by atoms with Crippen LogP contribution in [0.15, 0.2) is 12.2 Å². The Kier molecular flexibility index (Phi) is 2.72. The number of nitrogens with zero attached hydrogens (tertiary/aromatic N) is 1. The molecule has 4 nitrogen and oxygen atoms in total. The SMILES string of the molecule is O=C1[C@@H]2[C@H]3[C@@H](Br)[C@@H](Br)[C@@H]3C=C[C@@H]2N1S(=O)(=O)Cl. The van der Waals surface area contributed by atoms with Crippen molar-refractivity contribution in [1.82, 2.24) is 4.31 Å². The van der Waals surface area contributed by atoms with Crippen LogP contribution in [0.5, 0.6) is 0 Å². The largest absolute Gasteiger partial charge is 0.324 e. The Hall–Kier alpha value is 0.410. The lowest BCUT2D eigenvalue weighted by Crippen LogP contribution is -2.70. The molecule has 1 amide bonds. The van der Waals surface area contributed by atoms with Gasteiger partial charge in [0.15, 0.2) is 0 Å². The summed E-state index contributed by atoms with van der Waals surface area (Å²) in [5.41, 5.74) is 0. The van der Waals surface area contributed by atoms with Gasteiger partial charge in [0.2, 0.25) is 5.91 Å². The number of amides is 1. The Morgan fingerprint density at radius 1 is 1.24 bits per heavy atom. The van der Waals surface area contributed by atoms with Crippen molar-refractivity contribution in [1.29, 1.82) is 0 Å². The number of fused-ring (bicyclic) bond motifs is 3. The summed E-state index contributed by atoms with van der Waals surface area (Å²) in [6.07, 6.45) is 3.75. The third kappa shape index (κ3) is 1.52. The maximum atomic E-state index is 11.9. The van der Waals surface area contributed by atoms with Crippen LogP contribution in [0.2, 0.25) is 0 Å². The van der Waals surface area contributed by atoms with Gasteiger partial charge < -0.3 is 0 Å². The zero-order valence-electron chi connectivity index (χ0n) is 8.33. The summed E-state index contributed by atoms with van der Waals surface area (Å²) in [6.45, 7) is 0. The zero-order chi connectivity index (χ0) is 12.5. The summed E-state index contributed by atoms with van der Waals surface area (Å²) >= 11 is 7.08. The van der Waals surface area contributed by atoms with Crippen molar-refractivity contribution in [3.05, 3.63) is 12.2 Å². The fourth-order valence-corrected chi connectivity index (χ4v) is 6.19. The van der Waals surface area contributed by atoms with E-state index in [1.165, 1.54) is 0 Å². The van der Waals surface area contributed by atoms with Gasteiger partial charge in [0.25, 0.3) is 0 Å². The molecular formula is C9H8Br2ClNO3S. The van der Waals surface area contributed by atoms with Crippen molar-refractivity contribution in [2.45, 2.75) is 15.7 Å². The average molecular weight is 405 g/mol. The molecule has 17 heavy (non-hydrogen) atoms. The number of β-lactam (4-membered cyclic amide) rings is 1. The first-order chi connectivity index (χ1) is 7.84. The van der Waals surface area contributed by atoms with E-state index in [1.54, 1.807) is 6.08 Å². The highest BCUT2D eigenvalue weighted by Crippen LogP contribution is 2.56. The fourth-order valence-electron chi connectivity index (χ4n) is 2.96. The van der Waals surface area contributed by atoms with E-state index in [2.05, 4.69) is 31.9 Å². The van der Waals surface area contributed by atoms with Crippen LogP contribution in [-0.4, -0.2) is 34.3 Å². The third-order valence-corrected chi connectivity index (χ3v) is 8.21. The maximum Gasteiger partial charge on any atom is 0.324 e. The molecule has 8 heteroatoms. The molecule has 0 aromatic rings. The first-order valence-corrected chi connectivity index (χ1v) is 9.18. The molecule has 2 aliphatic carbocycles. The van der Waals surface area contributed by atoms with Gasteiger partial charge >= 0.3 is 9.24 Å². The molecule has 3 aliphatic rings. The van der Waals surface area contributed by atoms with Crippen LogP contribution >= 0.6 is 42.5 Å². The van der Waals surface area contributed by atoms with Crippen LogP contribution in [0.25, 0.3) is 0 Å². The van der Waals surface area contributed by atoms with Crippen LogP contribution in [0.4, 0.5) is 0 Å². The number of hydrogen-bond acceptors (Lipinski definition) is 3. The predicted molar refractivity (Wildman–Crippen MR) is 70.4 cm³/mol. The van der Waals surface area contributed by atoms with Gasteiger partial charge in [-0.25, -0.2) is 4.31 Å². The molecule has 0 bridgehead atoms. The van der Waals surface area contributed by atoms with Crippen LogP contribution in [0.3, 0.4) is 0 Å². The minimum atomic E-state index is -3.96. The lowest BCUT2D eigenvalue weighted by molar-refractivity contribution is -0.151. The molecule has 6 atom stereocenters. The monoisotopic (exact) mass is 403 g/mol. The zero-order valence-corrected chi connectivity index (χ0v) is 13.1. The predicted octanol–water partition coefficient (Wildman–Crippen LogP) is 1.64. The van der Waals surface area contributed by atoms with Crippen LogP contribution < -0.4 is 0 Å². The number of rotatable bonds is 1. The molecule has 0 unspecified atom stereocenters. The normalized spacial score (nSPS) is 47.9. The van der Waals surface area contributed by atoms with E-state index in [4.69, 9.17) is 10.7 Å². The standard InChI is InChI=1S/C9H8Br2ClNO3S/c10-7-3-1-2-4-6(5(3)8(7)11)9(14)13(4)17(12,15)16/h1-8H/t3-,4+,5+,6+,7+,8-/m1/s1. The van der Waals surface area contributed by atoms with Gasteiger partial charge in [0, 0.05) is 20.3 Å². The Labute approximate surface area is 120 Å². The number of carbonyl (C=O) groups is 1. The molecule has 1 aliphatic heterocycles. The van der Waals surface area contributed by atoms with Crippen molar-refractivity contribution in [2.75, 3.05) is 0 Å². The summed E-state index contributed by atoms with van der Waals surface area (Å²) in [7, 11) is 1.28. The number of halogens is 3. The second kappa shape index (κ2) is 3.71. The van der Waals surface area contributed by atoms with Crippen molar-refractivity contribution in [3.8, 4) is 0 Å². The van der Waals surface area contributed by atoms with Crippen molar-refractivity contribution in [3.63, 3.8) is 0 Å². The molecule has 0 N–H and O–H groups in total. The Morgan fingerprint density at radius 2 is 1.88 bits per heavy atom. The minimum Gasteiger partial charge on any atom is -0.273 e. The molecule has 0 radical (unpaired) electrons. The summed E-state index contributed by atoms with van der Waals surface area (Å²) in [4.78, 5) is 12.4. The Balaban J connectivity index is 1.93. The molecule has 0 aromatic heterocycles. The quantitative estimate of drug-likeness (QED) is 0.288. The minimum absolute atomic E-state index is 0.163. The first-order valence-electron chi connectivity index (χ1n) is 5.08. The topological polar surface area (TPSA) is 54.5 Å². The number of alkyl halides is 2. The number of allylic oxidation sites excluding steroid dienone is 1. The van der Waals surface area contributed by atoms with E-state index in [1.807, 2.05) is 6.08 Å². The molecule has 3 rings (SSSR count). The average Bonchev–Trinajstić information content (AvgIpc) is 2.24. The molecule has 1 saturated carbocycles. The lowest BCUT2D eigenvalue weighted by atomic mass is 9.59. The molecule has 2 fully saturated rings. The molecule has 0 aromatic carbocycles. The maximum absolute atomic E-state index is 11.9. The summed E-state index contributed by atoms with van der Waals surface area (Å²) < 4.78 is 23.3. The van der Waals surface area contributed by atoms with Gasteiger partial charge in [0.1, 0.15) is 0 Å². The van der Waals surface area contributed by atoms with Gasteiger partial charge in [-0.1, -0.05) is 44.0 Å². The van der Waals surface area contributed by atoms with Gasteiger partial charge in [-0.05, 0) is 11.8 Å². The molecule has 1 saturated heterocycles. The summed E-state index contributed by atoms with van der Waals surface area (Å²) in [5.74, 6) is -0.175. The second-order valence-corrected chi connectivity index (χ2v) is 9.02. The van der Waals surface area contributed by atoms with E-state index in [0.717, 1.165) is 4.31 Å². The number of hydrogen-bond donors (Lipinski definition) is 0. The Morgan fingerprint density at radius 3 is 2.47 bits per heavy atom. The van der Waals surface area contributed by atoms with Crippen molar-refractivity contribution in [2.24, 2.45) is 17.8 Å². The van der Waals surface area contributed by atoms with E-state index in [-0.39, 0.29) is 22.6 Å². The van der Waals surface area contributed by atoms with E-state index in [0.29, 0.717) is 10.7 Å². The summed E-state index contributed by atoms with van der Waals surface area (Å²) in [6, 6.07) is -0.397. The van der Waals surface area contributed by atoms with Gasteiger partial charge in [0.05, 0.1) is 12.0 Å². The highest BCUT2D eigenvalue weighted by molar-refractivity contribution is 9.12. The molecule has 94 valence electrons. The molecule has 0 spiro atoms. The molecular weight excluding hydrogens is 397 g/mol. The van der Waals surface area contributed by atoms with Crippen LogP contribution in [-0.2, 0) is 14.0 Å². The van der Waals surface area contributed by atoms with Crippen LogP contribution in [0.1, 0.15) is 0 Å². The summed E-state index contributed by atoms with van der Waals surface area (Å²) in [5, 5.41) is 0. The van der Waals surface area contributed by atoms with Gasteiger partial charge in [-0.15, -0.1) is 0 Å². The van der Waals surface area contributed by atoms with Crippen molar-refractivity contribution >= 4 is 57.7 Å². The highest BCUT2D eigenvalue weighted by atomic mass is 79.9. The molecule has 1 heterocycles. The van der Waals surface area contributed by atoms with Gasteiger partial charge in [-0.2, -0.15) is 8.42 Å². The van der Waals surface area contributed by atoms with E-state index < -0.39 is 15.3 Å². The number of carbonyl (C=O) groups excluding carboxylic acids is 1. The third-order valence-electron chi connectivity index (χ3n) is 3.81. The Bertz CT molecular complexity index is 522. The van der Waals surface area contributed by atoms with E-state index >= 15 is 0 Å². The van der Waals surface area contributed by atoms with E-state index in [9.17, 15) is 13.2 Å². The highest BCUT2D eigenvalue weighted by Gasteiger charge is 2.64. The first kappa shape index (κ1) is 12.4. The fraction of sp³-hybridized carbons (Fsp3) is 0.667. The van der Waals surface area contributed by atoms with Crippen LogP contribution in [0, 0.1) is 17.8 Å². The second-order valence-electron chi connectivity index (χ2n) is 4.52. The lowest BCUT2D eigenvalue weighted by Gasteiger charge is -2.58. The van der Waals surface area contributed by atoms with Crippen molar-refractivity contribution < 1.29 is 13.2 Å². The van der Waals surface area contributed by atoms with Gasteiger partial charge in [-0.3, -0.25) is 4.79 Å².